The summed E-state index contributed by atoms with van der Waals surface area (Å²) in [5.41, 5.74) is 0.466. The molecule has 0 amide bonds. The lowest BCUT2D eigenvalue weighted by Crippen LogP contribution is -2.41. The molecule has 4 nitrogen and oxygen atoms in total. The largest absolute Gasteiger partial charge is 0.389 e. The summed E-state index contributed by atoms with van der Waals surface area (Å²) in [5, 5.41) is 18.6. The van der Waals surface area contributed by atoms with Gasteiger partial charge in [0, 0.05) is 24.7 Å². The second kappa shape index (κ2) is 6.06. The highest BCUT2D eigenvalue weighted by Crippen LogP contribution is 2.31. The third-order valence-electron chi connectivity index (χ3n) is 4.54. The SMILES string of the molecule is CCC(C)n1ccc(CC2(O)CCC(NC)CC2)n1. The Bertz CT molecular complexity index is 394. The molecule has 1 fully saturated rings. The van der Waals surface area contributed by atoms with Crippen molar-refractivity contribution in [1.82, 2.24) is 15.1 Å². The van der Waals surface area contributed by atoms with Crippen LogP contribution in [-0.4, -0.2) is 33.6 Å². The van der Waals surface area contributed by atoms with Crippen LogP contribution < -0.4 is 5.32 Å². The molecule has 0 bridgehead atoms. The molecule has 4 heteroatoms. The van der Waals surface area contributed by atoms with Gasteiger partial charge < -0.3 is 10.4 Å². The molecular formula is C15H27N3O. The van der Waals surface area contributed by atoms with Gasteiger partial charge in [0.15, 0.2) is 0 Å². The summed E-state index contributed by atoms with van der Waals surface area (Å²) in [6, 6.07) is 3.05. The first-order valence-corrected chi connectivity index (χ1v) is 7.50. The Hall–Kier alpha value is -0.870. The number of rotatable bonds is 5. The Morgan fingerprint density at radius 1 is 1.53 bits per heavy atom. The molecule has 1 heterocycles. The Labute approximate surface area is 116 Å². The Morgan fingerprint density at radius 3 is 2.79 bits per heavy atom. The Balaban J connectivity index is 1.95. The summed E-state index contributed by atoms with van der Waals surface area (Å²) in [5.74, 6) is 0. The molecule has 0 aliphatic heterocycles. The fraction of sp³-hybridized carbons (Fsp3) is 0.800. The maximum Gasteiger partial charge on any atom is 0.0704 e. The van der Waals surface area contributed by atoms with Crippen LogP contribution >= 0.6 is 0 Å². The van der Waals surface area contributed by atoms with E-state index in [1.807, 2.05) is 24.0 Å². The van der Waals surface area contributed by atoms with Crippen molar-refractivity contribution in [2.24, 2.45) is 0 Å². The molecule has 2 N–H and O–H groups in total. The maximum atomic E-state index is 10.7. The average molecular weight is 265 g/mol. The van der Waals surface area contributed by atoms with Gasteiger partial charge in [-0.15, -0.1) is 0 Å². The summed E-state index contributed by atoms with van der Waals surface area (Å²) in [7, 11) is 2.00. The van der Waals surface area contributed by atoms with E-state index in [1.54, 1.807) is 0 Å². The van der Waals surface area contributed by atoms with E-state index in [9.17, 15) is 5.11 Å². The van der Waals surface area contributed by atoms with Crippen molar-refractivity contribution < 1.29 is 5.11 Å². The van der Waals surface area contributed by atoms with Crippen LogP contribution in [0.15, 0.2) is 12.3 Å². The van der Waals surface area contributed by atoms with Crippen LogP contribution in [0.25, 0.3) is 0 Å². The predicted molar refractivity (Wildman–Crippen MR) is 77.2 cm³/mol. The van der Waals surface area contributed by atoms with E-state index in [0.717, 1.165) is 37.8 Å². The highest BCUT2D eigenvalue weighted by Gasteiger charge is 2.33. The third-order valence-corrected chi connectivity index (χ3v) is 4.54. The van der Waals surface area contributed by atoms with Crippen LogP contribution in [-0.2, 0) is 6.42 Å². The van der Waals surface area contributed by atoms with Crippen molar-refractivity contribution in [2.75, 3.05) is 7.05 Å². The summed E-state index contributed by atoms with van der Waals surface area (Å²) in [6.45, 7) is 4.34. The molecule has 108 valence electrons. The topological polar surface area (TPSA) is 50.1 Å². The number of aliphatic hydroxyl groups is 1. The molecule has 1 aromatic rings. The number of hydrogen-bond acceptors (Lipinski definition) is 3. The zero-order chi connectivity index (χ0) is 13.9. The molecule has 1 aliphatic carbocycles. The van der Waals surface area contributed by atoms with Crippen LogP contribution in [0.2, 0.25) is 0 Å². The smallest absolute Gasteiger partial charge is 0.0704 e. The first-order valence-electron chi connectivity index (χ1n) is 7.50. The number of aromatic nitrogens is 2. The first-order chi connectivity index (χ1) is 9.06. The number of nitrogens with zero attached hydrogens (tertiary/aromatic N) is 2. The zero-order valence-electron chi connectivity index (χ0n) is 12.4. The van der Waals surface area contributed by atoms with Gasteiger partial charge in [-0.05, 0) is 52.1 Å². The summed E-state index contributed by atoms with van der Waals surface area (Å²) in [6.07, 6.45) is 7.65. The van der Waals surface area contributed by atoms with Gasteiger partial charge in [-0.2, -0.15) is 5.10 Å². The van der Waals surface area contributed by atoms with Crippen molar-refractivity contribution in [2.45, 2.75) is 70.1 Å². The molecule has 1 saturated carbocycles. The molecule has 2 rings (SSSR count). The van der Waals surface area contributed by atoms with E-state index < -0.39 is 5.60 Å². The van der Waals surface area contributed by atoms with E-state index in [1.165, 1.54) is 0 Å². The summed E-state index contributed by atoms with van der Waals surface area (Å²) >= 11 is 0. The lowest BCUT2D eigenvalue weighted by molar-refractivity contribution is -0.00335. The monoisotopic (exact) mass is 265 g/mol. The minimum Gasteiger partial charge on any atom is -0.389 e. The molecule has 0 spiro atoms. The van der Waals surface area contributed by atoms with E-state index in [4.69, 9.17) is 0 Å². The third kappa shape index (κ3) is 3.57. The van der Waals surface area contributed by atoms with Crippen LogP contribution in [0.5, 0.6) is 0 Å². The van der Waals surface area contributed by atoms with Crippen LogP contribution in [0.4, 0.5) is 0 Å². The molecular weight excluding hydrogens is 238 g/mol. The van der Waals surface area contributed by atoms with Crippen molar-refractivity contribution in [3.8, 4) is 0 Å². The average Bonchev–Trinajstić information content (AvgIpc) is 2.86. The molecule has 0 radical (unpaired) electrons. The summed E-state index contributed by atoms with van der Waals surface area (Å²) < 4.78 is 2.01. The molecule has 0 aromatic carbocycles. The van der Waals surface area contributed by atoms with Crippen molar-refractivity contribution in [3.05, 3.63) is 18.0 Å². The van der Waals surface area contributed by atoms with Crippen molar-refractivity contribution in [3.63, 3.8) is 0 Å². The van der Waals surface area contributed by atoms with E-state index in [0.29, 0.717) is 18.5 Å². The summed E-state index contributed by atoms with van der Waals surface area (Å²) in [4.78, 5) is 0. The molecule has 19 heavy (non-hydrogen) atoms. The number of nitrogens with one attached hydrogen (secondary N) is 1. The van der Waals surface area contributed by atoms with Gasteiger partial charge in [-0.3, -0.25) is 4.68 Å². The lowest BCUT2D eigenvalue weighted by atomic mass is 9.79. The Morgan fingerprint density at radius 2 is 2.21 bits per heavy atom. The van der Waals surface area contributed by atoms with Crippen LogP contribution in [0.3, 0.4) is 0 Å². The van der Waals surface area contributed by atoms with Gasteiger partial charge >= 0.3 is 0 Å². The Kier molecular flexibility index (Phi) is 4.63. The zero-order valence-corrected chi connectivity index (χ0v) is 12.4. The van der Waals surface area contributed by atoms with Gasteiger partial charge in [0.1, 0.15) is 0 Å². The van der Waals surface area contributed by atoms with Gasteiger partial charge in [0.25, 0.3) is 0 Å². The fourth-order valence-corrected chi connectivity index (χ4v) is 2.86. The van der Waals surface area contributed by atoms with Gasteiger partial charge in [0.05, 0.1) is 11.3 Å². The molecule has 1 aromatic heterocycles. The highest BCUT2D eigenvalue weighted by molar-refractivity contribution is 5.06. The molecule has 1 aliphatic rings. The van der Waals surface area contributed by atoms with E-state index in [-0.39, 0.29) is 0 Å². The van der Waals surface area contributed by atoms with Crippen molar-refractivity contribution >= 4 is 0 Å². The van der Waals surface area contributed by atoms with E-state index >= 15 is 0 Å². The first kappa shape index (κ1) is 14.5. The van der Waals surface area contributed by atoms with Crippen LogP contribution in [0, 0.1) is 0 Å². The second-order valence-electron chi connectivity index (χ2n) is 6.01. The normalized spacial score (nSPS) is 29.4. The molecule has 0 saturated heterocycles. The van der Waals surface area contributed by atoms with Gasteiger partial charge in [-0.1, -0.05) is 6.92 Å². The minimum atomic E-state index is -0.554. The van der Waals surface area contributed by atoms with Gasteiger partial charge in [-0.25, -0.2) is 0 Å². The van der Waals surface area contributed by atoms with Crippen molar-refractivity contribution in [1.29, 1.82) is 0 Å². The van der Waals surface area contributed by atoms with Crippen LogP contribution in [0.1, 0.15) is 57.7 Å². The second-order valence-corrected chi connectivity index (χ2v) is 6.01. The highest BCUT2D eigenvalue weighted by atomic mass is 16.3. The standard InChI is InChI=1S/C15H27N3O/c1-4-12(2)18-10-7-14(17-18)11-15(19)8-5-13(16-3)6-9-15/h7,10,12-13,16,19H,4-6,8-9,11H2,1-3H3. The van der Waals surface area contributed by atoms with E-state index in [2.05, 4.69) is 24.3 Å². The fourth-order valence-electron chi connectivity index (χ4n) is 2.86. The number of hydrogen-bond donors (Lipinski definition) is 2. The predicted octanol–water partition coefficient (Wildman–Crippen LogP) is 2.29. The molecule has 1 unspecified atom stereocenters. The van der Waals surface area contributed by atoms with Gasteiger partial charge in [0.2, 0.25) is 0 Å². The quantitative estimate of drug-likeness (QED) is 0.859. The maximum absolute atomic E-state index is 10.7. The lowest BCUT2D eigenvalue weighted by Gasteiger charge is -2.35. The minimum absolute atomic E-state index is 0.434. The molecule has 1 atom stereocenters.